The monoisotopic (exact) mass is 269 g/mol. The van der Waals surface area contributed by atoms with Crippen molar-refractivity contribution in [2.24, 2.45) is 0 Å². The molecule has 20 heavy (non-hydrogen) atoms. The number of aryl methyl sites for hydroxylation is 2. The fourth-order valence-corrected chi connectivity index (χ4v) is 2.24. The molecule has 2 aromatic rings. The second kappa shape index (κ2) is 7.15. The second-order valence-electron chi connectivity index (χ2n) is 5.19. The number of nitrogens with zero attached hydrogens (tertiary/aromatic N) is 2. The van der Waals surface area contributed by atoms with E-state index >= 15 is 0 Å². The van der Waals surface area contributed by atoms with Gasteiger partial charge in [0.05, 0.1) is 5.69 Å². The first kappa shape index (κ1) is 14.7. The van der Waals surface area contributed by atoms with Gasteiger partial charge in [0, 0.05) is 18.8 Å². The van der Waals surface area contributed by atoms with Crippen molar-refractivity contribution < 1.29 is 0 Å². The lowest BCUT2D eigenvalue weighted by Gasteiger charge is -2.14. The molecule has 2 rings (SSSR count). The average Bonchev–Trinajstić information content (AvgIpc) is 2.46. The van der Waals surface area contributed by atoms with E-state index in [1.807, 2.05) is 19.2 Å². The summed E-state index contributed by atoms with van der Waals surface area (Å²) in [5.74, 6) is 0.820. The molecule has 0 fully saturated rings. The molecule has 3 heteroatoms. The van der Waals surface area contributed by atoms with Crippen molar-refractivity contribution in [3.8, 4) is 0 Å². The number of hydrogen-bond donors (Lipinski definition) is 1. The van der Waals surface area contributed by atoms with Crippen LogP contribution < -0.4 is 5.32 Å². The molecule has 0 aliphatic carbocycles. The van der Waals surface area contributed by atoms with Crippen LogP contribution in [0.5, 0.6) is 0 Å². The van der Waals surface area contributed by atoms with Crippen LogP contribution >= 0.6 is 0 Å². The number of benzene rings is 1. The van der Waals surface area contributed by atoms with Crippen molar-refractivity contribution in [1.82, 2.24) is 15.3 Å². The van der Waals surface area contributed by atoms with Gasteiger partial charge in [-0.25, -0.2) is 9.97 Å². The summed E-state index contributed by atoms with van der Waals surface area (Å²) in [6.07, 6.45) is 4.16. The smallest absolute Gasteiger partial charge is 0.125 e. The van der Waals surface area contributed by atoms with E-state index in [-0.39, 0.29) is 0 Å². The molecule has 1 N–H and O–H groups in total. The minimum Gasteiger partial charge on any atom is -0.305 e. The predicted octanol–water partition coefficient (Wildman–Crippen LogP) is 3.59. The van der Waals surface area contributed by atoms with Gasteiger partial charge in [0.15, 0.2) is 0 Å². The maximum absolute atomic E-state index is 4.40. The van der Waals surface area contributed by atoms with Gasteiger partial charge in [-0.3, -0.25) is 0 Å². The van der Waals surface area contributed by atoms with Crippen LogP contribution in [0.25, 0.3) is 0 Å². The summed E-state index contributed by atoms with van der Waals surface area (Å²) in [6, 6.07) is 11.2. The zero-order valence-corrected chi connectivity index (χ0v) is 12.6. The maximum atomic E-state index is 4.40. The Balaban J connectivity index is 1.92. The first-order valence-electron chi connectivity index (χ1n) is 7.29. The van der Waals surface area contributed by atoms with Crippen LogP contribution in [0.1, 0.15) is 49.0 Å². The molecule has 0 aliphatic heterocycles. The largest absolute Gasteiger partial charge is 0.305 e. The van der Waals surface area contributed by atoms with Crippen molar-refractivity contribution in [1.29, 1.82) is 0 Å². The molecule has 0 spiro atoms. The molecule has 0 saturated heterocycles. The molecule has 1 heterocycles. The topological polar surface area (TPSA) is 37.8 Å². The van der Waals surface area contributed by atoms with Crippen LogP contribution in [0.2, 0.25) is 0 Å². The fraction of sp³-hybridized carbons (Fsp3) is 0.412. The number of hydrogen-bond acceptors (Lipinski definition) is 3. The average molecular weight is 269 g/mol. The SMILES string of the molecule is CCCc1ccc(C(C)NCc2ccnc(C)n2)cc1. The van der Waals surface area contributed by atoms with E-state index in [0.29, 0.717) is 6.04 Å². The number of rotatable bonds is 6. The molecule has 0 aliphatic rings. The third-order valence-electron chi connectivity index (χ3n) is 3.44. The van der Waals surface area contributed by atoms with Gasteiger partial charge in [0.2, 0.25) is 0 Å². The lowest BCUT2D eigenvalue weighted by atomic mass is 10.0. The first-order valence-corrected chi connectivity index (χ1v) is 7.29. The normalized spacial score (nSPS) is 12.3. The molecule has 3 nitrogen and oxygen atoms in total. The lowest BCUT2D eigenvalue weighted by Crippen LogP contribution is -2.19. The minimum absolute atomic E-state index is 0.320. The summed E-state index contributed by atoms with van der Waals surface area (Å²) >= 11 is 0. The summed E-state index contributed by atoms with van der Waals surface area (Å²) in [5, 5.41) is 3.50. The Kier molecular flexibility index (Phi) is 5.24. The zero-order valence-electron chi connectivity index (χ0n) is 12.6. The molecule has 1 atom stereocenters. The predicted molar refractivity (Wildman–Crippen MR) is 82.5 cm³/mol. The van der Waals surface area contributed by atoms with Crippen LogP contribution in [0.4, 0.5) is 0 Å². The van der Waals surface area contributed by atoms with E-state index in [4.69, 9.17) is 0 Å². The molecule has 0 amide bonds. The van der Waals surface area contributed by atoms with Gasteiger partial charge in [0.1, 0.15) is 5.82 Å². The second-order valence-corrected chi connectivity index (χ2v) is 5.19. The van der Waals surface area contributed by atoms with Crippen LogP contribution in [0.15, 0.2) is 36.5 Å². The number of nitrogens with one attached hydrogen (secondary N) is 1. The van der Waals surface area contributed by atoms with Crippen molar-refractivity contribution in [2.45, 2.75) is 46.2 Å². The van der Waals surface area contributed by atoms with E-state index in [9.17, 15) is 0 Å². The quantitative estimate of drug-likeness (QED) is 0.871. The van der Waals surface area contributed by atoms with E-state index in [0.717, 1.165) is 24.5 Å². The van der Waals surface area contributed by atoms with Crippen LogP contribution in [0, 0.1) is 6.92 Å². The highest BCUT2D eigenvalue weighted by Crippen LogP contribution is 2.14. The molecular weight excluding hydrogens is 246 g/mol. The van der Waals surface area contributed by atoms with E-state index in [1.165, 1.54) is 17.5 Å². The van der Waals surface area contributed by atoms with Crippen LogP contribution in [-0.2, 0) is 13.0 Å². The Bertz CT molecular complexity index is 534. The lowest BCUT2D eigenvalue weighted by molar-refractivity contribution is 0.566. The molecule has 106 valence electrons. The third kappa shape index (κ3) is 4.14. The zero-order chi connectivity index (χ0) is 14.4. The van der Waals surface area contributed by atoms with Gasteiger partial charge in [-0.2, -0.15) is 0 Å². The van der Waals surface area contributed by atoms with Gasteiger partial charge in [-0.15, -0.1) is 0 Å². The molecule has 1 aromatic carbocycles. The van der Waals surface area contributed by atoms with Gasteiger partial charge >= 0.3 is 0 Å². The summed E-state index contributed by atoms with van der Waals surface area (Å²) in [5.41, 5.74) is 3.76. The molecule has 0 bridgehead atoms. The molecular formula is C17H23N3. The van der Waals surface area contributed by atoms with E-state index < -0.39 is 0 Å². The van der Waals surface area contributed by atoms with E-state index in [1.54, 1.807) is 0 Å². The highest BCUT2D eigenvalue weighted by molar-refractivity contribution is 5.24. The molecule has 1 unspecified atom stereocenters. The van der Waals surface area contributed by atoms with Crippen molar-refractivity contribution in [2.75, 3.05) is 0 Å². The van der Waals surface area contributed by atoms with Crippen LogP contribution in [0.3, 0.4) is 0 Å². The first-order chi connectivity index (χ1) is 9.69. The summed E-state index contributed by atoms with van der Waals surface area (Å²) < 4.78 is 0. The minimum atomic E-state index is 0.320. The van der Waals surface area contributed by atoms with Gasteiger partial charge in [-0.05, 0) is 37.5 Å². The van der Waals surface area contributed by atoms with Crippen LogP contribution in [-0.4, -0.2) is 9.97 Å². The van der Waals surface area contributed by atoms with Crippen molar-refractivity contribution in [3.05, 3.63) is 59.2 Å². The van der Waals surface area contributed by atoms with E-state index in [2.05, 4.69) is 53.4 Å². The van der Waals surface area contributed by atoms with Crippen molar-refractivity contribution >= 4 is 0 Å². The van der Waals surface area contributed by atoms with Gasteiger partial charge in [0.25, 0.3) is 0 Å². The number of aromatic nitrogens is 2. The Morgan fingerprint density at radius 3 is 2.55 bits per heavy atom. The highest BCUT2D eigenvalue weighted by Gasteiger charge is 2.05. The Morgan fingerprint density at radius 2 is 1.90 bits per heavy atom. The van der Waals surface area contributed by atoms with Gasteiger partial charge < -0.3 is 5.32 Å². The Labute approximate surface area is 121 Å². The third-order valence-corrected chi connectivity index (χ3v) is 3.44. The molecule has 1 aromatic heterocycles. The summed E-state index contributed by atoms with van der Waals surface area (Å²) in [6.45, 7) is 7.07. The highest BCUT2D eigenvalue weighted by atomic mass is 14.9. The molecule has 0 saturated carbocycles. The fourth-order valence-electron chi connectivity index (χ4n) is 2.24. The van der Waals surface area contributed by atoms with Crippen molar-refractivity contribution in [3.63, 3.8) is 0 Å². The summed E-state index contributed by atoms with van der Waals surface area (Å²) in [4.78, 5) is 8.52. The van der Waals surface area contributed by atoms with Gasteiger partial charge in [-0.1, -0.05) is 37.6 Å². The maximum Gasteiger partial charge on any atom is 0.125 e. The summed E-state index contributed by atoms with van der Waals surface area (Å²) in [7, 11) is 0. The Morgan fingerprint density at radius 1 is 1.15 bits per heavy atom. The standard InChI is InChI=1S/C17H23N3/c1-4-5-15-6-8-16(9-7-15)13(2)19-12-17-10-11-18-14(3)20-17/h6-11,13,19H,4-5,12H2,1-3H3. The molecule has 0 radical (unpaired) electrons. The Hall–Kier alpha value is -1.74.